The van der Waals surface area contributed by atoms with Crippen molar-refractivity contribution in [3.63, 3.8) is 0 Å². The monoisotopic (exact) mass is 356 g/mol. The van der Waals surface area contributed by atoms with Crippen molar-refractivity contribution < 1.29 is 9.18 Å². The second kappa shape index (κ2) is 6.58. The number of carbonyl (C=O) groups is 1. The summed E-state index contributed by atoms with van der Waals surface area (Å²) in [6.45, 7) is 1.36. The summed E-state index contributed by atoms with van der Waals surface area (Å²) in [6.07, 6.45) is 3.53. The fraction of sp³-hybridized carbons (Fsp3) is 0.294. The highest BCUT2D eigenvalue weighted by Crippen LogP contribution is 2.15. The number of nitrogens with zero attached hydrogens (tertiary/aromatic N) is 5. The Morgan fingerprint density at radius 1 is 1.15 bits per heavy atom. The van der Waals surface area contributed by atoms with E-state index in [0.717, 1.165) is 30.6 Å². The predicted octanol–water partition coefficient (Wildman–Crippen LogP) is 1.40. The van der Waals surface area contributed by atoms with Crippen LogP contribution in [0.15, 0.2) is 41.3 Å². The number of halogens is 1. The first-order valence-corrected chi connectivity index (χ1v) is 8.37. The van der Waals surface area contributed by atoms with Crippen LogP contribution in [-0.2, 0) is 11.3 Å². The highest BCUT2D eigenvalue weighted by molar-refractivity contribution is 5.76. The number of likely N-dealkylation sites (tertiary alicyclic amines) is 1. The molecule has 1 aromatic carbocycles. The molecule has 3 heterocycles. The lowest BCUT2D eigenvalue weighted by Gasteiger charge is -2.14. The molecule has 4 rings (SSSR count). The van der Waals surface area contributed by atoms with Crippen molar-refractivity contribution in [1.29, 1.82) is 0 Å². The Kier molecular flexibility index (Phi) is 4.11. The zero-order valence-electron chi connectivity index (χ0n) is 13.9. The van der Waals surface area contributed by atoms with Gasteiger partial charge in [0, 0.05) is 25.0 Å². The number of anilines is 2. The number of hydrogen-bond acceptors (Lipinski definition) is 5. The molecule has 0 unspecified atom stereocenters. The molecule has 0 bridgehead atoms. The van der Waals surface area contributed by atoms with Crippen molar-refractivity contribution in [2.75, 3.05) is 18.4 Å². The number of rotatable bonds is 4. The smallest absolute Gasteiger partial charge is 0.341 e. The highest BCUT2D eigenvalue weighted by atomic mass is 19.1. The Morgan fingerprint density at radius 3 is 2.62 bits per heavy atom. The summed E-state index contributed by atoms with van der Waals surface area (Å²) in [5, 5.41) is 7.17. The Labute approximate surface area is 147 Å². The van der Waals surface area contributed by atoms with Crippen LogP contribution in [0.3, 0.4) is 0 Å². The van der Waals surface area contributed by atoms with Gasteiger partial charge in [-0.05, 0) is 43.2 Å². The van der Waals surface area contributed by atoms with Gasteiger partial charge in [-0.3, -0.25) is 4.79 Å². The number of carbonyl (C=O) groups excluding carboxylic acids is 1. The molecule has 0 aliphatic carbocycles. The third kappa shape index (κ3) is 3.15. The van der Waals surface area contributed by atoms with Gasteiger partial charge < -0.3 is 10.2 Å². The Balaban J connectivity index is 1.57. The van der Waals surface area contributed by atoms with Gasteiger partial charge in [-0.25, -0.2) is 18.3 Å². The second-order valence-electron chi connectivity index (χ2n) is 6.14. The van der Waals surface area contributed by atoms with E-state index >= 15 is 0 Å². The SMILES string of the molecule is O=C(Cn1nc2nc(Nc3ccc(F)cc3)ccn2c1=O)N1CCCC1. The Hall–Kier alpha value is -3.23. The maximum Gasteiger partial charge on any atom is 0.352 e. The van der Waals surface area contributed by atoms with Crippen LogP contribution in [0.5, 0.6) is 0 Å². The zero-order chi connectivity index (χ0) is 18.1. The largest absolute Gasteiger partial charge is 0.352 e. The second-order valence-corrected chi connectivity index (χ2v) is 6.14. The van der Waals surface area contributed by atoms with E-state index in [1.54, 1.807) is 29.3 Å². The van der Waals surface area contributed by atoms with Crippen molar-refractivity contribution in [2.24, 2.45) is 0 Å². The quantitative estimate of drug-likeness (QED) is 0.764. The average molecular weight is 356 g/mol. The Morgan fingerprint density at radius 2 is 1.88 bits per heavy atom. The van der Waals surface area contributed by atoms with Gasteiger partial charge in [0.05, 0.1) is 0 Å². The third-order valence-electron chi connectivity index (χ3n) is 4.31. The number of fused-ring (bicyclic) bond motifs is 1. The first-order valence-electron chi connectivity index (χ1n) is 8.37. The summed E-state index contributed by atoms with van der Waals surface area (Å²) in [4.78, 5) is 30.6. The van der Waals surface area contributed by atoms with E-state index in [2.05, 4.69) is 15.4 Å². The van der Waals surface area contributed by atoms with Gasteiger partial charge in [0.1, 0.15) is 18.2 Å². The van der Waals surface area contributed by atoms with Crippen LogP contribution >= 0.6 is 0 Å². The third-order valence-corrected chi connectivity index (χ3v) is 4.31. The summed E-state index contributed by atoms with van der Waals surface area (Å²) in [7, 11) is 0. The summed E-state index contributed by atoms with van der Waals surface area (Å²) < 4.78 is 15.4. The van der Waals surface area contributed by atoms with Crippen LogP contribution in [0.4, 0.5) is 15.9 Å². The maximum atomic E-state index is 13.0. The maximum absolute atomic E-state index is 13.0. The van der Waals surface area contributed by atoms with Crippen LogP contribution in [0.25, 0.3) is 5.78 Å². The number of amides is 1. The molecule has 0 atom stereocenters. The van der Waals surface area contributed by atoms with Gasteiger partial charge in [0.25, 0.3) is 5.78 Å². The van der Waals surface area contributed by atoms with Gasteiger partial charge >= 0.3 is 5.69 Å². The van der Waals surface area contributed by atoms with Crippen LogP contribution < -0.4 is 11.0 Å². The molecule has 1 saturated heterocycles. The molecule has 1 aliphatic rings. The molecular weight excluding hydrogens is 339 g/mol. The lowest BCUT2D eigenvalue weighted by Crippen LogP contribution is -2.34. The molecule has 0 spiro atoms. The molecule has 1 N–H and O–H groups in total. The van der Waals surface area contributed by atoms with Crippen LogP contribution in [0, 0.1) is 5.82 Å². The van der Waals surface area contributed by atoms with Crippen molar-refractivity contribution in [3.8, 4) is 0 Å². The molecule has 0 radical (unpaired) electrons. The molecule has 3 aromatic rings. The summed E-state index contributed by atoms with van der Waals surface area (Å²) in [5.74, 6) is 0.216. The fourth-order valence-electron chi connectivity index (χ4n) is 2.95. The van der Waals surface area contributed by atoms with E-state index in [-0.39, 0.29) is 24.0 Å². The lowest BCUT2D eigenvalue weighted by atomic mass is 10.3. The van der Waals surface area contributed by atoms with Crippen LogP contribution in [0.1, 0.15) is 12.8 Å². The van der Waals surface area contributed by atoms with E-state index in [4.69, 9.17) is 0 Å². The normalized spacial score (nSPS) is 14.1. The van der Waals surface area contributed by atoms with Gasteiger partial charge in [-0.2, -0.15) is 4.98 Å². The van der Waals surface area contributed by atoms with Gasteiger partial charge in [0.2, 0.25) is 5.91 Å². The van der Waals surface area contributed by atoms with Crippen molar-refractivity contribution in [1.82, 2.24) is 24.1 Å². The first kappa shape index (κ1) is 16.2. The summed E-state index contributed by atoms with van der Waals surface area (Å²) in [6, 6.07) is 7.46. The summed E-state index contributed by atoms with van der Waals surface area (Å²) in [5.41, 5.74) is 0.252. The molecule has 1 fully saturated rings. The number of hydrogen-bond donors (Lipinski definition) is 1. The molecule has 8 nitrogen and oxygen atoms in total. The average Bonchev–Trinajstić information content (AvgIpc) is 3.26. The Bertz CT molecular complexity index is 1000. The van der Waals surface area contributed by atoms with E-state index in [0.29, 0.717) is 11.5 Å². The molecule has 1 amide bonds. The minimum absolute atomic E-state index is 0.0943. The molecule has 9 heteroatoms. The van der Waals surface area contributed by atoms with Crippen molar-refractivity contribution in [3.05, 3.63) is 52.8 Å². The van der Waals surface area contributed by atoms with E-state index in [9.17, 15) is 14.0 Å². The lowest BCUT2D eigenvalue weighted by molar-refractivity contribution is -0.131. The van der Waals surface area contributed by atoms with E-state index < -0.39 is 5.69 Å². The van der Waals surface area contributed by atoms with Gasteiger partial charge in [-0.1, -0.05) is 0 Å². The first-order chi connectivity index (χ1) is 12.6. The van der Waals surface area contributed by atoms with Crippen molar-refractivity contribution >= 4 is 23.2 Å². The molecule has 0 saturated carbocycles. The molecule has 2 aromatic heterocycles. The predicted molar refractivity (Wildman–Crippen MR) is 92.7 cm³/mol. The number of nitrogens with one attached hydrogen (secondary N) is 1. The number of benzene rings is 1. The van der Waals surface area contributed by atoms with Gasteiger partial charge in [-0.15, -0.1) is 5.10 Å². The van der Waals surface area contributed by atoms with E-state index in [1.165, 1.54) is 16.5 Å². The molecule has 26 heavy (non-hydrogen) atoms. The fourth-order valence-corrected chi connectivity index (χ4v) is 2.95. The molecule has 134 valence electrons. The summed E-state index contributed by atoms with van der Waals surface area (Å²) >= 11 is 0. The highest BCUT2D eigenvalue weighted by Gasteiger charge is 2.20. The topological polar surface area (TPSA) is 84.5 Å². The minimum Gasteiger partial charge on any atom is -0.341 e. The zero-order valence-corrected chi connectivity index (χ0v) is 13.9. The van der Waals surface area contributed by atoms with Gasteiger partial charge in [0.15, 0.2) is 0 Å². The van der Waals surface area contributed by atoms with Crippen LogP contribution in [0.2, 0.25) is 0 Å². The number of aromatic nitrogens is 4. The molecular formula is C17H17FN6O2. The standard InChI is InChI=1S/C17H17FN6O2/c18-12-3-5-13(6-4-12)19-14-7-10-23-16(20-14)21-24(17(23)26)11-15(25)22-8-1-2-9-22/h3-7,10H,1-2,8-9,11H2,(H,19,20,21). The van der Waals surface area contributed by atoms with E-state index in [1.807, 2.05) is 0 Å². The minimum atomic E-state index is -0.409. The van der Waals surface area contributed by atoms with Crippen LogP contribution in [-0.4, -0.2) is 43.1 Å². The molecule has 1 aliphatic heterocycles. The van der Waals surface area contributed by atoms with Crippen molar-refractivity contribution in [2.45, 2.75) is 19.4 Å².